The highest BCUT2D eigenvalue weighted by Crippen LogP contribution is 2.29. The number of halogens is 1. The standard InChI is InChI=1S/C21H21FN4O/c1-14-7-8-15(11-18(14)22)21(27)26-10-4-6-17-19(13-26)25(2)24-20(17)16-5-3-9-23-12-16/h3,5,7-9,11-12H,4,6,10,13H2,1-2H3. The lowest BCUT2D eigenvalue weighted by molar-refractivity contribution is 0.0742. The first kappa shape index (κ1) is 17.4. The zero-order valence-corrected chi connectivity index (χ0v) is 15.4. The number of rotatable bonds is 2. The fourth-order valence-electron chi connectivity index (χ4n) is 3.59. The summed E-state index contributed by atoms with van der Waals surface area (Å²) in [6.45, 7) is 2.79. The Morgan fingerprint density at radius 3 is 2.85 bits per heavy atom. The van der Waals surface area contributed by atoms with Gasteiger partial charge < -0.3 is 4.90 Å². The van der Waals surface area contributed by atoms with E-state index in [1.807, 2.05) is 30.1 Å². The Morgan fingerprint density at radius 2 is 2.11 bits per heavy atom. The lowest BCUT2D eigenvalue weighted by Crippen LogP contribution is -2.31. The first-order valence-corrected chi connectivity index (χ1v) is 9.05. The number of aryl methyl sites for hydroxylation is 2. The Kier molecular flexibility index (Phi) is 4.48. The van der Waals surface area contributed by atoms with Crippen LogP contribution in [0.4, 0.5) is 4.39 Å². The fourth-order valence-corrected chi connectivity index (χ4v) is 3.59. The molecule has 0 saturated carbocycles. The van der Waals surface area contributed by atoms with Crippen molar-refractivity contribution in [2.24, 2.45) is 7.05 Å². The Balaban J connectivity index is 1.66. The molecule has 0 radical (unpaired) electrons. The Bertz CT molecular complexity index is 997. The summed E-state index contributed by atoms with van der Waals surface area (Å²) < 4.78 is 15.7. The van der Waals surface area contributed by atoms with Crippen molar-refractivity contribution in [2.45, 2.75) is 26.3 Å². The molecule has 2 aromatic heterocycles. The van der Waals surface area contributed by atoms with E-state index in [1.54, 1.807) is 30.2 Å². The molecule has 4 rings (SSSR count). The van der Waals surface area contributed by atoms with Crippen molar-refractivity contribution in [3.8, 4) is 11.3 Å². The summed E-state index contributed by atoms with van der Waals surface area (Å²) in [6.07, 6.45) is 5.24. The number of carbonyl (C=O) groups is 1. The second-order valence-corrected chi connectivity index (χ2v) is 6.93. The maximum absolute atomic E-state index is 13.9. The van der Waals surface area contributed by atoms with Crippen LogP contribution in [0.3, 0.4) is 0 Å². The molecule has 1 aromatic carbocycles. The van der Waals surface area contributed by atoms with E-state index in [4.69, 9.17) is 0 Å². The molecule has 0 spiro atoms. The molecule has 0 fully saturated rings. The number of amides is 1. The summed E-state index contributed by atoms with van der Waals surface area (Å²) in [7, 11) is 1.90. The lowest BCUT2D eigenvalue weighted by Gasteiger charge is -2.21. The molecule has 27 heavy (non-hydrogen) atoms. The Morgan fingerprint density at radius 1 is 1.26 bits per heavy atom. The average molecular weight is 364 g/mol. The van der Waals surface area contributed by atoms with Gasteiger partial charge in [-0.15, -0.1) is 0 Å². The SMILES string of the molecule is Cc1ccc(C(=O)N2CCCc3c(-c4cccnc4)nn(C)c3C2)cc1F. The number of hydrogen-bond donors (Lipinski definition) is 0. The molecule has 0 aliphatic carbocycles. The van der Waals surface area contributed by atoms with Gasteiger partial charge in [-0.1, -0.05) is 6.07 Å². The van der Waals surface area contributed by atoms with Gasteiger partial charge in [0.05, 0.1) is 17.9 Å². The zero-order chi connectivity index (χ0) is 19.0. The fraction of sp³-hybridized carbons (Fsp3) is 0.286. The smallest absolute Gasteiger partial charge is 0.254 e. The van der Waals surface area contributed by atoms with Crippen LogP contribution in [0.5, 0.6) is 0 Å². The number of benzene rings is 1. The summed E-state index contributed by atoms with van der Waals surface area (Å²) >= 11 is 0. The summed E-state index contributed by atoms with van der Waals surface area (Å²) in [4.78, 5) is 18.9. The first-order chi connectivity index (χ1) is 13.0. The third-order valence-corrected chi connectivity index (χ3v) is 5.11. The van der Waals surface area contributed by atoms with Gasteiger partial charge in [-0.3, -0.25) is 14.5 Å². The van der Waals surface area contributed by atoms with Crippen LogP contribution in [0.15, 0.2) is 42.7 Å². The van der Waals surface area contributed by atoms with Crippen molar-refractivity contribution in [2.75, 3.05) is 6.54 Å². The second kappa shape index (κ2) is 6.95. The minimum atomic E-state index is -0.351. The molecule has 5 nitrogen and oxygen atoms in total. The third kappa shape index (κ3) is 3.23. The van der Waals surface area contributed by atoms with E-state index in [0.717, 1.165) is 35.4 Å². The van der Waals surface area contributed by atoms with Gasteiger partial charge in [-0.25, -0.2) is 4.39 Å². The molecule has 138 valence electrons. The minimum Gasteiger partial charge on any atom is -0.333 e. The number of nitrogens with zero attached hydrogens (tertiary/aromatic N) is 4. The molecule has 6 heteroatoms. The molecule has 3 aromatic rings. The van der Waals surface area contributed by atoms with Gasteiger partial charge in [-0.05, 0) is 49.6 Å². The maximum Gasteiger partial charge on any atom is 0.254 e. The summed E-state index contributed by atoms with van der Waals surface area (Å²) in [6, 6.07) is 8.56. The number of hydrogen-bond acceptors (Lipinski definition) is 3. The quantitative estimate of drug-likeness (QED) is 0.699. The number of pyridine rings is 1. The van der Waals surface area contributed by atoms with Gasteiger partial charge in [0, 0.05) is 42.7 Å². The summed E-state index contributed by atoms with van der Waals surface area (Å²) in [5.74, 6) is -0.498. The van der Waals surface area contributed by atoms with Crippen LogP contribution < -0.4 is 0 Å². The predicted molar refractivity (Wildman–Crippen MR) is 101 cm³/mol. The Labute approximate surface area is 157 Å². The van der Waals surface area contributed by atoms with Gasteiger partial charge in [0.15, 0.2) is 0 Å². The highest BCUT2D eigenvalue weighted by atomic mass is 19.1. The molecule has 0 bridgehead atoms. The monoisotopic (exact) mass is 364 g/mol. The van der Waals surface area contributed by atoms with E-state index in [1.165, 1.54) is 6.07 Å². The number of aromatic nitrogens is 3. The molecular weight excluding hydrogens is 343 g/mol. The van der Waals surface area contributed by atoms with Gasteiger partial charge in [0.25, 0.3) is 5.91 Å². The van der Waals surface area contributed by atoms with E-state index in [0.29, 0.717) is 24.2 Å². The molecule has 0 N–H and O–H groups in total. The molecule has 1 aliphatic rings. The highest BCUT2D eigenvalue weighted by Gasteiger charge is 2.26. The van der Waals surface area contributed by atoms with Gasteiger partial charge in [-0.2, -0.15) is 5.10 Å². The van der Waals surface area contributed by atoms with Crippen LogP contribution in [0.25, 0.3) is 11.3 Å². The van der Waals surface area contributed by atoms with Crippen molar-refractivity contribution in [3.63, 3.8) is 0 Å². The van der Waals surface area contributed by atoms with E-state index < -0.39 is 0 Å². The minimum absolute atomic E-state index is 0.147. The highest BCUT2D eigenvalue weighted by molar-refractivity contribution is 5.94. The largest absolute Gasteiger partial charge is 0.333 e. The van der Waals surface area contributed by atoms with E-state index in [-0.39, 0.29) is 11.7 Å². The molecular formula is C21H21FN4O. The Hall–Kier alpha value is -3.02. The number of carbonyl (C=O) groups excluding carboxylic acids is 1. The summed E-state index contributed by atoms with van der Waals surface area (Å²) in [5, 5.41) is 4.68. The normalized spacial score (nSPS) is 14.0. The van der Waals surface area contributed by atoms with Crippen molar-refractivity contribution >= 4 is 5.91 Å². The van der Waals surface area contributed by atoms with Gasteiger partial charge in [0.1, 0.15) is 5.82 Å². The van der Waals surface area contributed by atoms with Crippen molar-refractivity contribution in [1.29, 1.82) is 0 Å². The molecule has 3 heterocycles. The van der Waals surface area contributed by atoms with Crippen LogP contribution in [0.1, 0.15) is 33.6 Å². The van der Waals surface area contributed by atoms with Crippen molar-refractivity contribution in [3.05, 3.63) is 70.9 Å². The van der Waals surface area contributed by atoms with E-state index in [9.17, 15) is 9.18 Å². The van der Waals surface area contributed by atoms with Crippen LogP contribution >= 0.6 is 0 Å². The van der Waals surface area contributed by atoms with Crippen LogP contribution in [-0.2, 0) is 20.0 Å². The van der Waals surface area contributed by atoms with Crippen molar-refractivity contribution in [1.82, 2.24) is 19.7 Å². The van der Waals surface area contributed by atoms with Crippen LogP contribution in [0, 0.1) is 12.7 Å². The molecule has 1 amide bonds. The average Bonchev–Trinajstić information content (AvgIpc) is 2.85. The molecule has 1 aliphatic heterocycles. The number of fused-ring (bicyclic) bond motifs is 1. The van der Waals surface area contributed by atoms with E-state index in [2.05, 4.69) is 10.1 Å². The molecule has 0 unspecified atom stereocenters. The van der Waals surface area contributed by atoms with E-state index >= 15 is 0 Å². The predicted octanol–water partition coefficient (Wildman–Crippen LogP) is 3.52. The second-order valence-electron chi connectivity index (χ2n) is 6.93. The summed E-state index contributed by atoms with van der Waals surface area (Å²) in [5.41, 5.74) is 5.02. The maximum atomic E-state index is 13.9. The van der Waals surface area contributed by atoms with Gasteiger partial charge >= 0.3 is 0 Å². The van der Waals surface area contributed by atoms with Crippen molar-refractivity contribution < 1.29 is 9.18 Å². The molecule has 0 saturated heterocycles. The zero-order valence-electron chi connectivity index (χ0n) is 15.4. The van der Waals surface area contributed by atoms with Crippen LogP contribution in [-0.4, -0.2) is 32.1 Å². The lowest BCUT2D eigenvalue weighted by atomic mass is 10.0. The topological polar surface area (TPSA) is 51.0 Å². The third-order valence-electron chi connectivity index (χ3n) is 5.11. The molecule has 0 atom stereocenters. The van der Waals surface area contributed by atoms with Gasteiger partial charge in [0.2, 0.25) is 0 Å². The first-order valence-electron chi connectivity index (χ1n) is 9.05. The van der Waals surface area contributed by atoms with Crippen LogP contribution in [0.2, 0.25) is 0 Å².